The number of carboxylic acid groups (broad SMARTS) is 2. The smallest absolute Gasteiger partial charge is 0.475 e. The van der Waals surface area contributed by atoms with Crippen molar-refractivity contribution < 1.29 is 60.4 Å². The number of ether oxygens (including phenoxy) is 2. The molecule has 1 aliphatic heterocycles. The van der Waals surface area contributed by atoms with Crippen LogP contribution in [-0.4, -0.2) is 82.0 Å². The number of nitrogens with one attached hydrogen (secondary N) is 1. The molecule has 0 radical (unpaired) electrons. The van der Waals surface area contributed by atoms with Crippen LogP contribution in [0.2, 0.25) is 0 Å². The van der Waals surface area contributed by atoms with Gasteiger partial charge in [-0.15, -0.1) is 0 Å². The van der Waals surface area contributed by atoms with Crippen LogP contribution in [0.3, 0.4) is 0 Å². The molecule has 0 saturated carbocycles. The number of carbonyl (C=O) groups excluding carboxylic acids is 1. The number of halogens is 6. The summed E-state index contributed by atoms with van der Waals surface area (Å²) in [5.74, 6) is -5.65. The van der Waals surface area contributed by atoms with Gasteiger partial charge in [-0.3, -0.25) is 14.5 Å². The standard InChI is InChI=1S/C16H20N4O3.2C2HF3O2/c1-22-9-7-20-11-13-4-8-23-14(15(13)19-20)10-18-16(21)12-2-5-17-6-3-12;2*3-2(4,5)1(6)7/h2-3,5-6,11,14H,4,7-10H2,1H3,(H,18,21);2*(H,6,7). The second kappa shape index (κ2) is 14.1. The molecule has 0 aliphatic carbocycles. The molecule has 1 unspecified atom stereocenters. The van der Waals surface area contributed by atoms with E-state index < -0.39 is 24.3 Å². The number of carboxylic acids is 2. The molecule has 2 aromatic rings. The average molecular weight is 544 g/mol. The number of carbonyl (C=O) groups is 3. The zero-order chi connectivity index (χ0) is 28.2. The van der Waals surface area contributed by atoms with Crippen molar-refractivity contribution in [3.05, 3.63) is 47.5 Å². The molecular weight excluding hydrogens is 522 g/mol. The van der Waals surface area contributed by atoms with Gasteiger partial charge in [-0.05, 0) is 24.1 Å². The van der Waals surface area contributed by atoms with Gasteiger partial charge in [0.05, 0.1) is 25.5 Å². The third-order valence-corrected chi connectivity index (χ3v) is 4.27. The van der Waals surface area contributed by atoms with Crippen molar-refractivity contribution in [3.63, 3.8) is 0 Å². The van der Waals surface area contributed by atoms with Gasteiger partial charge in [-0.2, -0.15) is 31.4 Å². The fourth-order valence-corrected chi connectivity index (χ4v) is 2.58. The van der Waals surface area contributed by atoms with Crippen molar-refractivity contribution in [1.82, 2.24) is 20.1 Å². The van der Waals surface area contributed by atoms with E-state index >= 15 is 0 Å². The summed E-state index contributed by atoms with van der Waals surface area (Å²) in [6.45, 7) is 2.36. The predicted molar refractivity (Wildman–Crippen MR) is 110 cm³/mol. The van der Waals surface area contributed by atoms with Crippen molar-refractivity contribution in [3.8, 4) is 0 Å². The Morgan fingerprint density at radius 1 is 1.11 bits per heavy atom. The lowest BCUT2D eigenvalue weighted by Gasteiger charge is -2.22. The second-order valence-corrected chi connectivity index (χ2v) is 6.96. The summed E-state index contributed by atoms with van der Waals surface area (Å²) < 4.78 is 76.2. The summed E-state index contributed by atoms with van der Waals surface area (Å²) in [7, 11) is 1.67. The van der Waals surface area contributed by atoms with Crippen LogP contribution in [0.1, 0.15) is 27.7 Å². The topological polar surface area (TPSA) is 153 Å². The third kappa shape index (κ3) is 11.2. The van der Waals surface area contributed by atoms with Gasteiger partial charge in [0.1, 0.15) is 6.10 Å². The summed E-state index contributed by atoms with van der Waals surface area (Å²) in [6, 6.07) is 3.37. The Morgan fingerprint density at radius 3 is 2.14 bits per heavy atom. The van der Waals surface area contributed by atoms with Gasteiger partial charge in [0.2, 0.25) is 0 Å². The number of pyridine rings is 1. The SMILES string of the molecule is COCCn1cc2c(n1)C(CNC(=O)c1ccncc1)OCC2.O=C(O)C(F)(F)F.O=C(O)C(F)(F)F. The number of nitrogens with zero attached hydrogens (tertiary/aromatic N) is 3. The van der Waals surface area contributed by atoms with Gasteiger partial charge in [0, 0.05) is 37.8 Å². The Hall–Kier alpha value is -3.73. The molecule has 37 heavy (non-hydrogen) atoms. The van der Waals surface area contributed by atoms with Crippen LogP contribution in [-0.2, 0) is 32.0 Å². The Morgan fingerprint density at radius 2 is 1.65 bits per heavy atom. The van der Waals surface area contributed by atoms with E-state index in [1.165, 1.54) is 5.56 Å². The van der Waals surface area contributed by atoms with Crippen LogP contribution >= 0.6 is 0 Å². The molecule has 3 rings (SSSR count). The molecule has 206 valence electrons. The van der Waals surface area contributed by atoms with Crippen molar-refractivity contribution in [2.75, 3.05) is 26.9 Å². The predicted octanol–water partition coefficient (Wildman–Crippen LogP) is 2.23. The number of alkyl halides is 6. The van der Waals surface area contributed by atoms with E-state index in [1.54, 1.807) is 31.6 Å². The minimum Gasteiger partial charge on any atom is -0.475 e. The number of hydrogen-bond donors (Lipinski definition) is 3. The first-order chi connectivity index (χ1) is 17.2. The number of hydrogen-bond acceptors (Lipinski definition) is 7. The van der Waals surface area contributed by atoms with Crippen molar-refractivity contribution in [2.24, 2.45) is 0 Å². The Balaban J connectivity index is 0.000000404. The minimum absolute atomic E-state index is 0.137. The molecule has 11 nitrogen and oxygen atoms in total. The summed E-state index contributed by atoms with van der Waals surface area (Å²) in [4.78, 5) is 33.8. The molecule has 1 aliphatic rings. The highest BCUT2D eigenvalue weighted by Gasteiger charge is 2.38. The number of aliphatic carboxylic acids is 2. The Labute approximate surface area is 205 Å². The zero-order valence-electron chi connectivity index (χ0n) is 19.0. The summed E-state index contributed by atoms with van der Waals surface area (Å²) in [5.41, 5.74) is 2.67. The quantitative estimate of drug-likeness (QED) is 0.465. The van der Waals surface area contributed by atoms with Gasteiger partial charge in [-0.1, -0.05) is 0 Å². The Kier molecular flexibility index (Phi) is 11.9. The molecule has 3 heterocycles. The normalized spacial score (nSPS) is 14.7. The van der Waals surface area contributed by atoms with E-state index in [0.717, 1.165) is 12.1 Å². The second-order valence-electron chi connectivity index (χ2n) is 6.96. The van der Waals surface area contributed by atoms with Gasteiger partial charge in [0.25, 0.3) is 5.91 Å². The van der Waals surface area contributed by atoms with E-state index in [0.29, 0.717) is 31.9 Å². The maximum Gasteiger partial charge on any atom is 0.490 e. The molecular formula is C20H22F6N4O7. The zero-order valence-corrected chi connectivity index (χ0v) is 19.0. The lowest BCUT2D eigenvalue weighted by molar-refractivity contribution is -0.193. The van der Waals surface area contributed by atoms with E-state index in [-0.39, 0.29) is 12.0 Å². The molecule has 2 aromatic heterocycles. The summed E-state index contributed by atoms with van der Waals surface area (Å²) in [5, 5.41) is 21.7. The summed E-state index contributed by atoms with van der Waals surface area (Å²) >= 11 is 0. The van der Waals surface area contributed by atoms with Gasteiger partial charge in [-0.25, -0.2) is 9.59 Å². The van der Waals surface area contributed by atoms with E-state index in [2.05, 4.69) is 15.4 Å². The van der Waals surface area contributed by atoms with Crippen LogP contribution in [0.5, 0.6) is 0 Å². The molecule has 0 bridgehead atoms. The average Bonchev–Trinajstić information content (AvgIpc) is 3.25. The van der Waals surface area contributed by atoms with Crippen LogP contribution < -0.4 is 5.32 Å². The highest BCUT2D eigenvalue weighted by molar-refractivity contribution is 5.93. The molecule has 0 spiro atoms. The molecule has 1 atom stereocenters. The first-order valence-corrected chi connectivity index (χ1v) is 10.1. The highest BCUT2D eigenvalue weighted by Crippen LogP contribution is 2.25. The van der Waals surface area contributed by atoms with Gasteiger partial charge < -0.3 is 25.0 Å². The first-order valence-electron chi connectivity index (χ1n) is 10.1. The van der Waals surface area contributed by atoms with Crippen molar-refractivity contribution in [2.45, 2.75) is 31.4 Å². The highest BCUT2D eigenvalue weighted by atomic mass is 19.4. The Bertz CT molecular complexity index is 1000. The fraction of sp³-hybridized carbons (Fsp3) is 0.450. The molecule has 17 heteroatoms. The molecule has 1 amide bonds. The lowest BCUT2D eigenvalue weighted by Crippen LogP contribution is -2.31. The number of methoxy groups -OCH3 is 1. The molecule has 0 fully saturated rings. The van der Waals surface area contributed by atoms with Crippen molar-refractivity contribution >= 4 is 17.8 Å². The van der Waals surface area contributed by atoms with Crippen LogP contribution in [0.4, 0.5) is 26.3 Å². The van der Waals surface area contributed by atoms with Gasteiger partial charge >= 0.3 is 24.3 Å². The maximum absolute atomic E-state index is 12.1. The number of aromatic nitrogens is 3. The van der Waals surface area contributed by atoms with Gasteiger partial charge in [0.15, 0.2) is 0 Å². The number of amides is 1. The summed E-state index contributed by atoms with van der Waals surface area (Å²) in [6.07, 6.45) is -4.30. The van der Waals surface area contributed by atoms with Crippen LogP contribution in [0, 0.1) is 0 Å². The molecule has 3 N–H and O–H groups in total. The maximum atomic E-state index is 12.1. The monoisotopic (exact) mass is 544 g/mol. The third-order valence-electron chi connectivity index (χ3n) is 4.27. The minimum atomic E-state index is -5.08. The first kappa shape index (κ1) is 31.3. The molecule has 0 saturated heterocycles. The van der Waals surface area contributed by atoms with E-state index in [4.69, 9.17) is 29.3 Å². The molecule has 0 aromatic carbocycles. The fourth-order valence-electron chi connectivity index (χ4n) is 2.58. The van der Waals surface area contributed by atoms with E-state index in [1.807, 2.05) is 10.9 Å². The lowest BCUT2D eigenvalue weighted by atomic mass is 10.1. The van der Waals surface area contributed by atoms with Crippen LogP contribution in [0.25, 0.3) is 0 Å². The van der Waals surface area contributed by atoms with Crippen LogP contribution in [0.15, 0.2) is 30.7 Å². The largest absolute Gasteiger partial charge is 0.490 e. The van der Waals surface area contributed by atoms with E-state index in [9.17, 15) is 31.1 Å². The van der Waals surface area contributed by atoms with Crippen molar-refractivity contribution in [1.29, 1.82) is 0 Å². The number of rotatable bonds is 6. The number of fused-ring (bicyclic) bond motifs is 1.